The third-order valence-corrected chi connectivity index (χ3v) is 6.56. The van der Waals surface area contributed by atoms with E-state index in [1.807, 2.05) is 46.6 Å². The zero-order valence-electron chi connectivity index (χ0n) is 16.9. The molecule has 1 aromatic rings. The molecule has 0 saturated heterocycles. The van der Waals surface area contributed by atoms with Crippen molar-refractivity contribution >= 4 is 52.1 Å². The van der Waals surface area contributed by atoms with Crippen molar-refractivity contribution in [2.75, 3.05) is 33.0 Å². The third-order valence-electron chi connectivity index (χ3n) is 3.59. The first kappa shape index (κ1) is 25.7. The number of halogens is 1. The number of nitrogens with one attached hydrogen (secondary N) is 1. The number of guanidine groups is 1. The minimum absolute atomic E-state index is 0. The monoisotopic (exact) mass is 516 g/mol. The molecule has 6 nitrogen and oxygen atoms in total. The van der Waals surface area contributed by atoms with Crippen LogP contribution in [0.2, 0.25) is 0 Å². The van der Waals surface area contributed by atoms with Crippen LogP contribution in [0.25, 0.3) is 0 Å². The second kappa shape index (κ2) is 12.2. The lowest BCUT2D eigenvalue weighted by atomic mass is 10.3. The lowest BCUT2D eigenvalue weighted by Gasteiger charge is -2.22. The summed E-state index contributed by atoms with van der Waals surface area (Å²) in [5.74, 6) is 1.38. The number of aliphatic imine (C=N–C) groups is 1. The second-order valence-electron chi connectivity index (χ2n) is 6.81. The van der Waals surface area contributed by atoms with Gasteiger partial charge in [0.25, 0.3) is 0 Å². The van der Waals surface area contributed by atoms with Gasteiger partial charge in [0, 0.05) is 47.4 Å². The number of methoxy groups -OCH3 is 1. The first-order valence-corrected chi connectivity index (χ1v) is 10.7. The maximum Gasteiger partial charge on any atom is 0.194 e. The van der Waals surface area contributed by atoms with Crippen LogP contribution in [0, 0.1) is 0 Å². The lowest BCUT2D eigenvalue weighted by molar-refractivity contribution is 0.119. The van der Waals surface area contributed by atoms with Crippen molar-refractivity contribution in [1.29, 1.82) is 0 Å². The molecule has 1 rings (SSSR count). The van der Waals surface area contributed by atoms with Gasteiger partial charge in [-0.2, -0.15) is 0 Å². The first-order chi connectivity index (χ1) is 11.7. The summed E-state index contributed by atoms with van der Waals surface area (Å²) in [5.41, 5.74) is 0.996. The molecule has 0 aliphatic carbocycles. The second-order valence-corrected chi connectivity index (χ2v) is 10.0. The third kappa shape index (κ3) is 8.62. The smallest absolute Gasteiger partial charge is 0.194 e. The van der Waals surface area contributed by atoms with E-state index in [-0.39, 0.29) is 34.8 Å². The molecule has 1 N–H and O–H groups in total. The van der Waals surface area contributed by atoms with Gasteiger partial charge in [0.2, 0.25) is 0 Å². The molecule has 2 atom stereocenters. The van der Waals surface area contributed by atoms with Crippen molar-refractivity contribution in [3.8, 4) is 0 Å². The summed E-state index contributed by atoms with van der Waals surface area (Å²) < 4.78 is 17.3. The van der Waals surface area contributed by atoms with Crippen LogP contribution in [0.5, 0.6) is 0 Å². The minimum Gasteiger partial charge on any atom is -0.375 e. The summed E-state index contributed by atoms with van der Waals surface area (Å²) in [6.45, 7) is 12.0. The van der Waals surface area contributed by atoms with Crippen LogP contribution in [-0.4, -0.2) is 57.8 Å². The maximum absolute atomic E-state index is 12.1. The van der Waals surface area contributed by atoms with Crippen molar-refractivity contribution in [2.24, 2.45) is 4.99 Å². The predicted octanol–water partition coefficient (Wildman–Crippen LogP) is 3.41. The van der Waals surface area contributed by atoms with E-state index >= 15 is 0 Å². The zero-order valence-corrected chi connectivity index (χ0v) is 20.8. The maximum atomic E-state index is 12.1. The molecule has 0 amide bonds. The molecule has 0 aliphatic rings. The Balaban J connectivity index is 0.00000625. The van der Waals surface area contributed by atoms with Gasteiger partial charge in [-0.3, -0.25) is 9.20 Å². The van der Waals surface area contributed by atoms with E-state index in [1.54, 1.807) is 18.4 Å². The molecule has 1 heterocycles. The topological polar surface area (TPSA) is 66.8 Å². The van der Waals surface area contributed by atoms with Crippen LogP contribution in [0.3, 0.4) is 0 Å². The Kier molecular flexibility index (Phi) is 12.1. The number of ether oxygens (including phenoxy) is 1. The van der Waals surface area contributed by atoms with Crippen molar-refractivity contribution in [3.05, 3.63) is 16.1 Å². The van der Waals surface area contributed by atoms with Gasteiger partial charge in [0.15, 0.2) is 5.96 Å². The van der Waals surface area contributed by atoms with E-state index in [4.69, 9.17) is 4.74 Å². The average Bonchev–Trinajstić information content (AvgIpc) is 3.00. The highest BCUT2D eigenvalue weighted by molar-refractivity contribution is 14.0. The van der Waals surface area contributed by atoms with Gasteiger partial charge in [0.1, 0.15) is 11.1 Å². The van der Waals surface area contributed by atoms with Crippen LogP contribution in [0.15, 0.2) is 10.4 Å². The SMILES string of the molecule is CCNC(=NCCS(=O)C(C)(C)C)N(C)Cc1csc(C(C)OC)n1.I. The van der Waals surface area contributed by atoms with E-state index in [2.05, 4.69) is 20.7 Å². The first-order valence-electron chi connectivity index (χ1n) is 8.54. The highest BCUT2D eigenvalue weighted by Crippen LogP contribution is 2.20. The zero-order chi connectivity index (χ0) is 19.0. The van der Waals surface area contributed by atoms with Gasteiger partial charge < -0.3 is 15.0 Å². The van der Waals surface area contributed by atoms with Crippen molar-refractivity contribution < 1.29 is 8.95 Å². The molecule has 26 heavy (non-hydrogen) atoms. The van der Waals surface area contributed by atoms with Gasteiger partial charge in [0.05, 0.1) is 18.8 Å². The Labute approximate surface area is 181 Å². The minimum atomic E-state index is -0.890. The summed E-state index contributed by atoms with van der Waals surface area (Å²) in [7, 11) is 2.79. The summed E-state index contributed by atoms with van der Waals surface area (Å²) in [4.78, 5) is 11.3. The van der Waals surface area contributed by atoms with Crippen molar-refractivity contribution in [3.63, 3.8) is 0 Å². The molecule has 0 saturated carbocycles. The molecule has 1 aromatic heterocycles. The van der Waals surface area contributed by atoms with Crippen LogP contribution in [-0.2, 0) is 22.1 Å². The number of hydrogen-bond acceptors (Lipinski definition) is 5. The number of aromatic nitrogens is 1. The lowest BCUT2D eigenvalue weighted by Crippen LogP contribution is -2.39. The highest BCUT2D eigenvalue weighted by Gasteiger charge is 2.19. The summed E-state index contributed by atoms with van der Waals surface area (Å²) in [5, 5.41) is 6.32. The van der Waals surface area contributed by atoms with Crippen LogP contribution in [0.1, 0.15) is 51.4 Å². The largest absolute Gasteiger partial charge is 0.375 e. The molecule has 9 heteroatoms. The quantitative estimate of drug-likeness (QED) is 0.326. The number of rotatable bonds is 8. The van der Waals surface area contributed by atoms with E-state index in [1.165, 1.54) is 0 Å². The van der Waals surface area contributed by atoms with E-state index in [0.29, 0.717) is 18.8 Å². The van der Waals surface area contributed by atoms with E-state index < -0.39 is 10.8 Å². The molecular weight excluding hydrogens is 483 g/mol. The fraction of sp³-hybridized carbons (Fsp3) is 0.765. The Morgan fingerprint density at radius 1 is 1.50 bits per heavy atom. The van der Waals surface area contributed by atoms with Crippen molar-refractivity contribution in [1.82, 2.24) is 15.2 Å². The molecule has 0 aromatic carbocycles. The molecule has 152 valence electrons. The van der Waals surface area contributed by atoms with E-state index in [0.717, 1.165) is 23.2 Å². The molecule has 0 radical (unpaired) electrons. The number of nitrogens with zero attached hydrogens (tertiary/aromatic N) is 3. The fourth-order valence-corrected chi connectivity index (χ4v) is 3.72. The standard InChI is InChI=1S/C17H32N4O2S2.HI/c1-8-18-16(19-9-10-25(22)17(3,4)5)21(6)11-14-12-24-15(20-14)13(2)23-7;/h12-13H,8-11H2,1-7H3,(H,18,19);1H. The Hall–Kier alpha value is -0.260. The number of hydrogen-bond donors (Lipinski definition) is 1. The number of thiazole rings is 1. The average molecular weight is 517 g/mol. The molecule has 0 bridgehead atoms. The van der Waals surface area contributed by atoms with Crippen LogP contribution < -0.4 is 5.32 Å². The van der Waals surface area contributed by atoms with Crippen LogP contribution >= 0.6 is 35.3 Å². The summed E-state index contributed by atoms with van der Waals surface area (Å²) >= 11 is 1.61. The Morgan fingerprint density at radius 2 is 2.15 bits per heavy atom. The summed E-state index contributed by atoms with van der Waals surface area (Å²) in [6, 6.07) is 0. The van der Waals surface area contributed by atoms with Gasteiger partial charge in [-0.25, -0.2) is 4.98 Å². The molecular formula is C17H33IN4O2S2. The Bertz CT molecular complexity index is 588. The molecule has 0 spiro atoms. The van der Waals surface area contributed by atoms with Crippen LogP contribution in [0.4, 0.5) is 0 Å². The van der Waals surface area contributed by atoms with E-state index in [9.17, 15) is 4.21 Å². The normalized spacial score (nSPS) is 14.5. The van der Waals surface area contributed by atoms with Gasteiger partial charge in [-0.15, -0.1) is 35.3 Å². The van der Waals surface area contributed by atoms with Gasteiger partial charge in [-0.1, -0.05) is 0 Å². The molecule has 2 unspecified atom stereocenters. The van der Waals surface area contributed by atoms with Gasteiger partial charge >= 0.3 is 0 Å². The van der Waals surface area contributed by atoms with Crippen molar-refractivity contribution in [2.45, 2.75) is 52.0 Å². The van der Waals surface area contributed by atoms with Gasteiger partial charge in [-0.05, 0) is 34.6 Å². The molecule has 0 aliphatic heterocycles. The Morgan fingerprint density at radius 3 is 2.69 bits per heavy atom. The summed E-state index contributed by atoms with van der Waals surface area (Å²) in [6.07, 6.45) is 0.0123. The fourth-order valence-electron chi connectivity index (χ4n) is 2.01. The predicted molar refractivity (Wildman–Crippen MR) is 123 cm³/mol. The molecule has 0 fully saturated rings. The highest BCUT2D eigenvalue weighted by atomic mass is 127.